The molecule has 0 radical (unpaired) electrons. The molecular formula is C6H10O2S. The number of hydrogen-bond acceptors (Lipinski definition) is 2. The zero-order valence-corrected chi connectivity index (χ0v) is 6.15. The summed E-state index contributed by atoms with van der Waals surface area (Å²) in [5.41, 5.74) is 0. The first-order valence-corrected chi connectivity index (χ1v) is 3.37. The molecule has 0 spiro atoms. The van der Waals surface area contributed by atoms with Crippen LogP contribution in [0.3, 0.4) is 0 Å². The maximum Gasteiger partial charge on any atom is 0.311 e. The van der Waals surface area contributed by atoms with E-state index in [4.69, 9.17) is 5.11 Å². The number of carboxylic acid groups (broad SMARTS) is 1. The fourth-order valence-electron chi connectivity index (χ4n) is 0.561. The molecule has 52 valence electrons. The molecule has 0 aromatic carbocycles. The van der Waals surface area contributed by atoms with Crippen molar-refractivity contribution < 1.29 is 9.90 Å². The highest BCUT2D eigenvalue weighted by Gasteiger charge is 2.11. The lowest BCUT2D eigenvalue weighted by Gasteiger charge is -2.00. The van der Waals surface area contributed by atoms with Gasteiger partial charge in [0, 0.05) is 0 Å². The molecule has 0 aromatic rings. The highest BCUT2D eigenvalue weighted by molar-refractivity contribution is 7.79. The molecule has 0 aromatic heterocycles. The predicted molar refractivity (Wildman–Crippen MR) is 39.7 cm³/mol. The largest absolute Gasteiger partial charge is 0.481 e. The highest BCUT2D eigenvalue weighted by atomic mass is 32.1. The zero-order valence-electron chi connectivity index (χ0n) is 5.33. The van der Waals surface area contributed by atoms with E-state index in [1.165, 1.54) is 5.37 Å². The van der Waals surface area contributed by atoms with E-state index < -0.39 is 11.9 Å². The number of hydrogen-bond donors (Lipinski definition) is 1. The van der Waals surface area contributed by atoms with Gasteiger partial charge in [0.25, 0.3) is 0 Å². The van der Waals surface area contributed by atoms with Crippen molar-refractivity contribution >= 4 is 23.6 Å². The SMILES string of the molecule is CCCC(C=S)C(=O)O. The molecule has 0 saturated heterocycles. The first kappa shape index (κ1) is 8.56. The second-order valence-electron chi connectivity index (χ2n) is 1.87. The van der Waals surface area contributed by atoms with Crippen molar-refractivity contribution in [2.24, 2.45) is 5.92 Å². The molecule has 0 aliphatic heterocycles. The van der Waals surface area contributed by atoms with Crippen LogP contribution in [0.2, 0.25) is 0 Å². The van der Waals surface area contributed by atoms with Gasteiger partial charge < -0.3 is 5.11 Å². The van der Waals surface area contributed by atoms with Crippen LogP contribution in [0.1, 0.15) is 19.8 Å². The van der Waals surface area contributed by atoms with Gasteiger partial charge in [-0.1, -0.05) is 25.6 Å². The summed E-state index contributed by atoms with van der Waals surface area (Å²) >= 11 is 4.51. The molecular weight excluding hydrogens is 136 g/mol. The molecule has 0 amide bonds. The summed E-state index contributed by atoms with van der Waals surface area (Å²) in [7, 11) is 0. The zero-order chi connectivity index (χ0) is 7.28. The molecule has 9 heavy (non-hydrogen) atoms. The van der Waals surface area contributed by atoms with Crippen LogP contribution in [0.4, 0.5) is 0 Å². The molecule has 0 saturated carbocycles. The molecule has 3 heteroatoms. The minimum absolute atomic E-state index is 0.426. The van der Waals surface area contributed by atoms with Gasteiger partial charge in [-0.05, 0) is 11.8 Å². The molecule has 1 unspecified atom stereocenters. The molecule has 0 aliphatic carbocycles. The molecule has 0 fully saturated rings. The van der Waals surface area contributed by atoms with E-state index in [1.54, 1.807) is 0 Å². The maximum atomic E-state index is 10.2. The smallest absolute Gasteiger partial charge is 0.311 e. The number of carbonyl (C=O) groups is 1. The third kappa shape index (κ3) is 3.19. The third-order valence-electron chi connectivity index (χ3n) is 1.08. The monoisotopic (exact) mass is 146 g/mol. The van der Waals surface area contributed by atoms with Gasteiger partial charge in [0.1, 0.15) is 0 Å². The quantitative estimate of drug-likeness (QED) is 0.610. The molecule has 0 rings (SSSR count). The van der Waals surface area contributed by atoms with Crippen LogP contribution in [0.25, 0.3) is 0 Å². The van der Waals surface area contributed by atoms with Crippen molar-refractivity contribution in [3.8, 4) is 0 Å². The Bertz CT molecular complexity index is 112. The second kappa shape index (κ2) is 4.44. The van der Waals surface area contributed by atoms with Crippen molar-refractivity contribution in [2.45, 2.75) is 19.8 Å². The van der Waals surface area contributed by atoms with E-state index in [1.807, 2.05) is 6.92 Å². The van der Waals surface area contributed by atoms with Crippen LogP contribution in [0.15, 0.2) is 0 Å². The van der Waals surface area contributed by atoms with Gasteiger partial charge in [0.15, 0.2) is 0 Å². The summed E-state index contributed by atoms with van der Waals surface area (Å²) in [6.07, 6.45) is 1.52. The summed E-state index contributed by atoms with van der Waals surface area (Å²) in [5, 5.41) is 9.72. The Morgan fingerprint density at radius 3 is 2.56 bits per heavy atom. The van der Waals surface area contributed by atoms with Gasteiger partial charge >= 0.3 is 5.97 Å². The van der Waals surface area contributed by atoms with E-state index in [0.717, 1.165) is 6.42 Å². The Labute approximate surface area is 59.9 Å². The summed E-state index contributed by atoms with van der Waals surface area (Å²) in [6, 6.07) is 0. The standard InChI is InChI=1S/C6H10O2S/c1-2-3-5(4-9)6(7)8/h4-5H,2-3H2,1H3,(H,7,8). The van der Waals surface area contributed by atoms with Crippen molar-refractivity contribution in [1.29, 1.82) is 0 Å². The molecule has 1 atom stereocenters. The minimum Gasteiger partial charge on any atom is -0.481 e. The van der Waals surface area contributed by atoms with Gasteiger partial charge in [-0.25, -0.2) is 0 Å². The number of aliphatic carboxylic acids is 1. The van der Waals surface area contributed by atoms with Gasteiger partial charge in [-0.15, -0.1) is 0 Å². The van der Waals surface area contributed by atoms with E-state index in [9.17, 15) is 4.79 Å². The third-order valence-corrected chi connectivity index (χ3v) is 1.41. The van der Waals surface area contributed by atoms with E-state index in [-0.39, 0.29) is 0 Å². The summed E-state index contributed by atoms with van der Waals surface area (Å²) in [4.78, 5) is 10.2. The topological polar surface area (TPSA) is 37.3 Å². The Morgan fingerprint density at radius 2 is 2.44 bits per heavy atom. The summed E-state index contributed by atoms with van der Waals surface area (Å²) in [6.45, 7) is 1.94. The molecule has 2 nitrogen and oxygen atoms in total. The predicted octanol–water partition coefficient (Wildman–Crippen LogP) is 1.49. The number of carboxylic acids is 1. The van der Waals surface area contributed by atoms with Crippen molar-refractivity contribution in [3.05, 3.63) is 0 Å². The van der Waals surface area contributed by atoms with Gasteiger partial charge in [-0.2, -0.15) is 0 Å². The van der Waals surface area contributed by atoms with Gasteiger partial charge in [0.2, 0.25) is 0 Å². The van der Waals surface area contributed by atoms with Crippen LogP contribution in [0, 0.1) is 5.92 Å². The molecule has 1 N–H and O–H groups in total. The fraction of sp³-hybridized carbons (Fsp3) is 0.667. The van der Waals surface area contributed by atoms with Gasteiger partial charge in [-0.3, -0.25) is 4.79 Å². The lowest BCUT2D eigenvalue weighted by molar-refractivity contribution is -0.139. The van der Waals surface area contributed by atoms with Crippen LogP contribution < -0.4 is 0 Å². The Kier molecular flexibility index (Phi) is 4.22. The lowest BCUT2D eigenvalue weighted by atomic mass is 10.1. The molecule has 0 heterocycles. The van der Waals surface area contributed by atoms with E-state index >= 15 is 0 Å². The average Bonchev–Trinajstić information content (AvgIpc) is 1.82. The van der Waals surface area contributed by atoms with Crippen LogP contribution in [-0.4, -0.2) is 16.4 Å². The minimum atomic E-state index is -0.813. The van der Waals surface area contributed by atoms with Crippen LogP contribution in [0.5, 0.6) is 0 Å². The first-order chi connectivity index (χ1) is 4.22. The maximum absolute atomic E-state index is 10.2. The second-order valence-corrected chi connectivity index (χ2v) is 2.14. The summed E-state index contributed by atoms with van der Waals surface area (Å²) in [5.74, 6) is -1.24. The highest BCUT2D eigenvalue weighted by Crippen LogP contribution is 2.02. The lowest BCUT2D eigenvalue weighted by Crippen LogP contribution is -2.13. The van der Waals surface area contributed by atoms with Crippen LogP contribution in [-0.2, 0) is 4.79 Å². The number of rotatable bonds is 4. The average molecular weight is 146 g/mol. The van der Waals surface area contributed by atoms with Crippen LogP contribution >= 0.6 is 12.2 Å². The molecule has 0 aliphatic rings. The Morgan fingerprint density at radius 1 is 1.89 bits per heavy atom. The summed E-state index contributed by atoms with van der Waals surface area (Å²) < 4.78 is 0. The fourth-order valence-corrected chi connectivity index (χ4v) is 0.813. The van der Waals surface area contributed by atoms with Crippen molar-refractivity contribution in [2.75, 3.05) is 0 Å². The van der Waals surface area contributed by atoms with Crippen molar-refractivity contribution in [3.63, 3.8) is 0 Å². The normalized spacial score (nSPS) is 12.6. The molecule has 0 bridgehead atoms. The first-order valence-electron chi connectivity index (χ1n) is 2.90. The Hall–Kier alpha value is -0.440. The van der Waals surface area contributed by atoms with E-state index in [0.29, 0.717) is 6.42 Å². The number of thiocarbonyl (C=S) groups is 1. The van der Waals surface area contributed by atoms with Crippen molar-refractivity contribution in [1.82, 2.24) is 0 Å². The Balaban J connectivity index is 3.68. The van der Waals surface area contributed by atoms with Gasteiger partial charge in [0.05, 0.1) is 5.92 Å². The van der Waals surface area contributed by atoms with E-state index in [2.05, 4.69) is 12.2 Å².